The smallest absolute Gasteiger partial charge is 0.248 e. The average Bonchev–Trinajstić information content (AvgIpc) is 2.75. The summed E-state index contributed by atoms with van der Waals surface area (Å²) in [7, 11) is 0. The van der Waals surface area contributed by atoms with Gasteiger partial charge in [-0.1, -0.05) is 17.7 Å². The number of aryl methyl sites for hydroxylation is 1. The van der Waals surface area contributed by atoms with Gasteiger partial charge in [0.25, 0.3) is 0 Å². The van der Waals surface area contributed by atoms with Crippen LogP contribution in [0.15, 0.2) is 59.4 Å². The molecule has 0 spiro atoms. The van der Waals surface area contributed by atoms with Gasteiger partial charge in [0.15, 0.2) is 0 Å². The van der Waals surface area contributed by atoms with E-state index < -0.39 is 6.10 Å². The first-order valence-corrected chi connectivity index (χ1v) is 10.9. The van der Waals surface area contributed by atoms with Crippen molar-refractivity contribution in [3.05, 3.63) is 70.5 Å². The fourth-order valence-electron chi connectivity index (χ4n) is 4.39. The van der Waals surface area contributed by atoms with Gasteiger partial charge < -0.3 is 19.7 Å². The van der Waals surface area contributed by atoms with Crippen LogP contribution >= 0.6 is 0 Å². The number of pyridine rings is 1. The number of nitrogens with one attached hydrogen (secondary N) is 1. The number of hydrogen-bond donors (Lipinski definition) is 2. The molecule has 164 valence electrons. The van der Waals surface area contributed by atoms with E-state index in [2.05, 4.69) is 59.8 Å². The Bertz CT molecular complexity index is 1070. The van der Waals surface area contributed by atoms with E-state index in [1.54, 1.807) is 6.07 Å². The number of aromatic nitrogens is 1. The molecule has 1 aliphatic heterocycles. The molecule has 1 aliphatic rings. The SMILES string of the molecule is Cc1ccc(N2C[C@@H](C)N(C[C@@H](O)COc3ccc4[nH]c(=O)ccc4c3)[C@@H](C)C2)cc1. The van der Waals surface area contributed by atoms with E-state index in [1.807, 2.05) is 18.2 Å². The molecule has 2 N–H and O–H groups in total. The number of β-amino-alcohol motifs (C(OH)–C–C–N with tert-alkyl or cyclic N) is 1. The van der Waals surface area contributed by atoms with Crippen LogP contribution in [0.4, 0.5) is 5.69 Å². The maximum atomic E-state index is 11.4. The van der Waals surface area contributed by atoms with E-state index in [1.165, 1.54) is 17.3 Å². The van der Waals surface area contributed by atoms with E-state index in [0.29, 0.717) is 24.4 Å². The minimum Gasteiger partial charge on any atom is -0.491 e. The number of fused-ring (bicyclic) bond motifs is 1. The minimum atomic E-state index is -0.581. The number of nitrogens with zero attached hydrogens (tertiary/aromatic N) is 2. The first kappa shape index (κ1) is 21.4. The predicted molar refractivity (Wildman–Crippen MR) is 125 cm³/mol. The molecule has 1 aromatic heterocycles. The quantitative estimate of drug-likeness (QED) is 0.640. The molecule has 1 saturated heterocycles. The first-order valence-electron chi connectivity index (χ1n) is 10.9. The van der Waals surface area contributed by atoms with Crippen molar-refractivity contribution in [3.63, 3.8) is 0 Å². The van der Waals surface area contributed by atoms with Crippen LogP contribution in [-0.2, 0) is 0 Å². The van der Waals surface area contributed by atoms with Crippen molar-refractivity contribution in [2.75, 3.05) is 31.1 Å². The van der Waals surface area contributed by atoms with Crippen LogP contribution in [0.2, 0.25) is 0 Å². The van der Waals surface area contributed by atoms with Crippen LogP contribution in [-0.4, -0.2) is 59.4 Å². The number of ether oxygens (including phenoxy) is 1. The molecule has 3 atom stereocenters. The molecule has 1 fully saturated rings. The lowest BCUT2D eigenvalue weighted by molar-refractivity contribution is 0.0318. The van der Waals surface area contributed by atoms with E-state index in [0.717, 1.165) is 24.0 Å². The summed E-state index contributed by atoms with van der Waals surface area (Å²) in [4.78, 5) is 19.0. The molecule has 0 radical (unpaired) electrons. The van der Waals surface area contributed by atoms with Gasteiger partial charge in [0.1, 0.15) is 18.5 Å². The van der Waals surface area contributed by atoms with E-state index in [9.17, 15) is 9.90 Å². The Kier molecular flexibility index (Phi) is 6.30. The molecule has 0 saturated carbocycles. The Morgan fingerprint density at radius 2 is 1.77 bits per heavy atom. The van der Waals surface area contributed by atoms with Crippen molar-refractivity contribution in [2.45, 2.75) is 39.0 Å². The minimum absolute atomic E-state index is 0.123. The third-order valence-corrected chi connectivity index (χ3v) is 6.06. The van der Waals surface area contributed by atoms with Crippen molar-refractivity contribution >= 4 is 16.6 Å². The van der Waals surface area contributed by atoms with Gasteiger partial charge in [-0.05, 0) is 57.2 Å². The number of H-pyrrole nitrogens is 1. The standard InChI is InChI=1S/C25H31N3O3/c1-17-4-7-21(8-5-17)27-13-18(2)28(19(3)14-27)15-22(29)16-31-23-9-10-24-20(12-23)6-11-25(30)26-24/h4-12,18-19,22,29H,13-16H2,1-3H3,(H,26,30)/t18-,19+,22-/m1/s1. The van der Waals surface area contributed by atoms with Gasteiger partial charge in [0, 0.05) is 54.4 Å². The molecule has 0 amide bonds. The molecule has 0 bridgehead atoms. The van der Waals surface area contributed by atoms with Gasteiger partial charge in [-0.15, -0.1) is 0 Å². The Morgan fingerprint density at radius 3 is 2.48 bits per heavy atom. The number of piperazine rings is 1. The van der Waals surface area contributed by atoms with Crippen molar-refractivity contribution in [2.24, 2.45) is 0 Å². The van der Waals surface area contributed by atoms with Crippen molar-refractivity contribution in [1.82, 2.24) is 9.88 Å². The summed E-state index contributed by atoms with van der Waals surface area (Å²) >= 11 is 0. The van der Waals surface area contributed by atoms with Crippen LogP contribution in [0.25, 0.3) is 10.9 Å². The summed E-state index contributed by atoms with van der Waals surface area (Å²) in [6, 6.07) is 18.1. The molecular weight excluding hydrogens is 390 g/mol. The fraction of sp³-hybridized carbons (Fsp3) is 0.400. The Labute approximate surface area is 183 Å². The zero-order valence-electron chi connectivity index (χ0n) is 18.4. The average molecular weight is 422 g/mol. The lowest BCUT2D eigenvalue weighted by Gasteiger charge is -2.46. The van der Waals surface area contributed by atoms with E-state index in [4.69, 9.17) is 4.74 Å². The number of aliphatic hydroxyl groups excluding tert-OH is 1. The second-order valence-corrected chi connectivity index (χ2v) is 8.67. The molecule has 2 aromatic carbocycles. The highest BCUT2D eigenvalue weighted by molar-refractivity contribution is 5.79. The summed E-state index contributed by atoms with van der Waals surface area (Å²) in [6.45, 7) is 9.21. The van der Waals surface area contributed by atoms with Gasteiger partial charge >= 0.3 is 0 Å². The van der Waals surface area contributed by atoms with Crippen molar-refractivity contribution in [3.8, 4) is 5.75 Å². The molecule has 6 heteroatoms. The molecule has 4 rings (SSSR count). The summed E-state index contributed by atoms with van der Waals surface area (Å²) in [5.41, 5.74) is 3.17. The monoisotopic (exact) mass is 421 g/mol. The lowest BCUT2D eigenvalue weighted by Crippen LogP contribution is -2.58. The summed E-state index contributed by atoms with van der Waals surface area (Å²) < 4.78 is 5.84. The maximum Gasteiger partial charge on any atom is 0.248 e. The number of hydrogen-bond acceptors (Lipinski definition) is 5. The highest BCUT2D eigenvalue weighted by Crippen LogP contribution is 2.23. The molecule has 0 unspecified atom stereocenters. The fourth-order valence-corrected chi connectivity index (χ4v) is 4.39. The number of rotatable bonds is 6. The molecule has 6 nitrogen and oxygen atoms in total. The number of benzene rings is 2. The number of anilines is 1. The highest BCUT2D eigenvalue weighted by atomic mass is 16.5. The third-order valence-electron chi connectivity index (χ3n) is 6.06. The summed E-state index contributed by atoms with van der Waals surface area (Å²) in [5.74, 6) is 0.684. The lowest BCUT2D eigenvalue weighted by atomic mass is 10.1. The molecule has 0 aliphatic carbocycles. The van der Waals surface area contributed by atoms with Crippen molar-refractivity contribution < 1.29 is 9.84 Å². The zero-order chi connectivity index (χ0) is 22.0. The van der Waals surface area contributed by atoms with Crippen LogP contribution in [0, 0.1) is 6.92 Å². The number of aromatic amines is 1. The second-order valence-electron chi connectivity index (χ2n) is 8.67. The van der Waals surface area contributed by atoms with E-state index >= 15 is 0 Å². The van der Waals surface area contributed by atoms with Gasteiger partial charge in [0.2, 0.25) is 5.56 Å². The van der Waals surface area contributed by atoms with E-state index in [-0.39, 0.29) is 12.2 Å². The van der Waals surface area contributed by atoms with Gasteiger partial charge in [-0.3, -0.25) is 9.69 Å². The molecule has 31 heavy (non-hydrogen) atoms. The van der Waals surface area contributed by atoms with Gasteiger partial charge in [-0.25, -0.2) is 0 Å². The molecule has 2 heterocycles. The molecule has 3 aromatic rings. The van der Waals surface area contributed by atoms with Gasteiger partial charge in [-0.2, -0.15) is 0 Å². The van der Waals surface area contributed by atoms with Crippen LogP contribution in [0.3, 0.4) is 0 Å². The number of aliphatic hydroxyl groups is 1. The van der Waals surface area contributed by atoms with Gasteiger partial charge in [0.05, 0.1) is 0 Å². The van der Waals surface area contributed by atoms with Crippen LogP contribution in [0.1, 0.15) is 19.4 Å². The van der Waals surface area contributed by atoms with Crippen molar-refractivity contribution in [1.29, 1.82) is 0 Å². The largest absolute Gasteiger partial charge is 0.491 e. The van der Waals surface area contributed by atoms with Crippen LogP contribution in [0.5, 0.6) is 5.75 Å². The third kappa shape index (κ3) is 5.09. The normalized spacial score (nSPS) is 20.7. The predicted octanol–water partition coefficient (Wildman–Crippen LogP) is 3.18. The van der Waals surface area contributed by atoms with Crippen LogP contribution < -0.4 is 15.2 Å². The zero-order valence-corrected chi connectivity index (χ0v) is 18.4. The molecular formula is C25H31N3O3. The topological polar surface area (TPSA) is 68.8 Å². The Morgan fingerprint density at radius 1 is 1.06 bits per heavy atom. The Balaban J connectivity index is 1.33. The summed E-state index contributed by atoms with van der Waals surface area (Å²) in [6.07, 6.45) is -0.581. The highest BCUT2D eigenvalue weighted by Gasteiger charge is 2.30. The second kappa shape index (κ2) is 9.12. The Hall–Kier alpha value is -2.83. The summed E-state index contributed by atoms with van der Waals surface area (Å²) in [5, 5.41) is 11.5. The first-order chi connectivity index (χ1) is 14.9. The maximum absolute atomic E-state index is 11.4.